The van der Waals surface area contributed by atoms with Gasteiger partial charge in [0, 0.05) is 60.3 Å². The first-order chi connectivity index (χ1) is 16.5. The Bertz CT molecular complexity index is 1440. The van der Waals surface area contributed by atoms with Gasteiger partial charge in [-0.15, -0.1) is 0 Å². The number of amides is 2. The number of rotatable bonds is 5. The number of nitrogens with one attached hydrogen (secondary N) is 1. The summed E-state index contributed by atoms with van der Waals surface area (Å²) in [5, 5.41) is 4.90. The molecule has 1 saturated heterocycles. The van der Waals surface area contributed by atoms with E-state index in [4.69, 9.17) is 5.73 Å². The van der Waals surface area contributed by atoms with Crippen LogP contribution in [0.4, 0.5) is 11.4 Å². The zero-order valence-corrected chi connectivity index (χ0v) is 18.5. The van der Waals surface area contributed by atoms with Gasteiger partial charge in [0.1, 0.15) is 0 Å². The molecule has 1 aliphatic rings. The number of pyridine rings is 1. The second-order valence-corrected chi connectivity index (χ2v) is 8.53. The molecule has 1 aromatic heterocycles. The van der Waals surface area contributed by atoms with Crippen molar-refractivity contribution in [3.8, 4) is 5.69 Å². The topological polar surface area (TPSA) is 97.4 Å². The number of hydrogen-bond acceptors (Lipinski definition) is 4. The van der Waals surface area contributed by atoms with Crippen LogP contribution in [0.25, 0.3) is 16.5 Å². The summed E-state index contributed by atoms with van der Waals surface area (Å²) in [5.74, 6) is -0.123. The molecule has 34 heavy (non-hydrogen) atoms. The molecule has 0 spiro atoms. The largest absolute Gasteiger partial charge is 0.399 e. The molecule has 1 unspecified atom stereocenters. The average molecular weight is 453 g/mol. The number of benzene rings is 3. The van der Waals surface area contributed by atoms with E-state index in [1.54, 1.807) is 33.9 Å². The summed E-state index contributed by atoms with van der Waals surface area (Å²) in [5.41, 5.74) is 8.48. The van der Waals surface area contributed by atoms with Crippen LogP contribution >= 0.6 is 0 Å². The third kappa shape index (κ3) is 4.28. The maximum absolute atomic E-state index is 12.7. The van der Waals surface area contributed by atoms with Crippen LogP contribution in [0, 0.1) is 5.92 Å². The van der Waals surface area contributed by atoms with Crippen LogP contribution in [0.1, 0.15) is 16.8 Å². The fourth-order valence-electron chi connectivity index (χ4n) is 4.35. The molecule has 3 aromatic carbocycles. The number of hydrogen-bond donors (Lipinski definition) is 2. The van der Waals surface area contributed by atoms with E-state index in [-0.39, 0.29) is 23.3 Å². The Hall–Kier alpha value is -4.39. The van der Waals surface area contributed by atoms with Crippen LogP contribution in [0.2, 0.25) is 0 Å². The number of carbonyl (C=O) groups is 2. The predicted octanol–water partition coefficient (Wildman–Crippen LogP) is 3.36. The van der Waals surface area contributed by atoms with E-state index in [9.17, 15) is 14.4 Å². The molecule has 0 aliphatic carbocycles. The molecule has 3 N–H and O–H groups in total. The van der Waals surface area contributed by atoms with Crippen molar-refractivity contribution in [1.82, 2.24) is 9.88 Å². The third-order valence-corrected chi connectivity index (χ3v) is 6.14. The molecule has 1 fully saturated rings. The van der Waals surface area contributed by atoms with Crippen molar-refractivity contribution in [3.05, 3.63) is 101 Å². The number of nitrogens with two attached hydrogens (primary N) is 1. The number of nitrogen functional groups attached to an aromatic ring is 1. The monoisotopic (exact) mass is 452 g/mol. The molecule has 2 amide bonds. The molecular formula is C27H24N4O3. The van der Waals surface area contributed by atoms with Gasteiger partial charge in [-0.1, -0.05) is 18.2 Å². The average Bonchev–Trinajstić information content (AvgIpc) is 3.23. The molecule has 170 valence electrons. The second-order valence-electron chi connectivity index (χ2n) is 8.53. The second kappa shape index (κ2) is 8.86. The van der Waals surface area contributed by atoms with Crippen LogP contribution in [0.15, 0.2) is 89.9 Å². The Morgan fingerprint density at radius 1 is 0.912 bits per heavy atom. The van der Waals surface area contributed by atoms with Gasteiger partial charge >= 0.3 is 0 Å². The predicted molar refractivity (Wildman–Crippen MR) is 133 cm³/mol. The van der Waals surface area contributed by atoms with Crippen LogP contribution in [-0.4, -0.2) is 29.5 Å². The van der Waals surface area contributed by atoms with E-state index < -0.39 is 0 Å². The van der Waals surface area contributed by atoms with Gasteiger partial charge < -0.3 is 16.0 Å². The highest BCUT2D eigenvalue weighted by Crippen LogP contribution is 2.26. The number of anilines is 2. The smallest absolute Gasteiger partial charge is 0.255 e. The standard InChI is InChI=1S/C27H24N4O3/c28-22-7-6-19-14-21(5-4-20(19)15-22)27(34)29-16-18-13-26(33)31(17-18)24-10-8-23(9-11-24)30-12-2-1-3-25(30)32/h1-12,14-15,18H,13,16-17,28H2,(H,29,34). The van der Waals surface area contributed by atoms with E-state index in [2.05, 4.69) is 5.32 Å². The van der Waals surface area contributed by atoms with Crippen molar-refractivity contribution in [2.45, 2.75) is 6.42 Å². The maximum atomic E-state index is 12.7. The van der Waals surface area contributed by atoms with Crippen LogP contribution in [-0.2, 0) is 4.79 Å². The van der Waals surface area contributed by atoms with E-state index in [1.165, 1.54) is 6.07 Å². The quantitative estimate of drug-likeness (QED) is 0.454. The van der Waals surface area contributed by atoms with Gasteiger partial charge in [-0.05, 0) is 65.4 Å². The molecule has 7 heteroatoms. The Morgan fingerprint density at radius 2 is 1.65 bits per heavy atom. The van der Waals surface area contributed by atoms with Crippen molar-refractivity contribution in [2.75, 3.05) is 23.7 Å². The van der Waals surface area contributed by atoms with Gasteiger partial charge in [-0.2, -0.15) is 0 Å². The van der Waals surface area contributed by atoms with Crippen LogP contribution in [0.3, 0.4) is 0 Å². The molecule has 1 atom stereocenters. The lowest BCUT2D eigenvalue weighted by Gasteiger charge is -2.18. The number of carbonyl (C=O) groups excluding carboxylic acids is 2. The summed E-state index contributed by atoms with van der Waals surface area (Å²) < 4.78 is 1.55. The molecule has 0 bridgehead atoms. The van der Waals surface area contributed by atoms with Crippen LogP contribution < -0.4 is 21.5 Å². The van der Waals surface area contributed by atoms with Crippen LogP contribution in [0.5, 0.6) is 0 Å². The van der Waals surface area contributed by atoms with Crippen molar-refractivity contribution >= 4 is 34.0 Å². The summed E-state index contributed by atoms with van der Waals surface area (Å²) in [6.45, 7) is 0.944. The SMILES string of the molecule is Nc1ccc2cc(C(=O)NCC3CC(=O)N(c4ccc(-n5ccccc5=O)cc4)C3)ccc2c1. The van der Waals surface area contributed by atoms with E-state index >= 15 is 0 Å². The van der Waals surface area contributed by atoms with Crippen molar-refractivity contribution < 1.29 is 9.59 Å². The highest BCUT2D eigenvalue weighted by molar-refractivity contribution is 5.99. The Morgan fingerprint density at radius 3 is 2.44 bits per heavy atom. The van der Waals surface area contributed by atoms with Gasteiger partial charge in [0.05, 0.1) is 0 Å². The lowest BCUT2D eigenvalue weighted by atomic mass is 10.1. The molecule has 5 rings (SSSR count). The normalized spacial score (nSPS) is 15.6. The van der Waals surface area contributed by atoms with Gasteiger partial charge in [0.25, 0.3) is 11.5 Å². The number of nitrogens with zero attached hydrogens (tertiary/aromatic N) is 2. The first-order valence-electron chi connectivity index (χ1n) is 11.1. The lowest BCUT2D eigenvalue weighted by molar-refractivity contribution is -0.117. The number of fused-ring (bicyclic) bond motifs is 1. The van der Waals surface area contributed by atoms with E-state index in [1.807, 2.05) is 54.6 Å². The molecule has 4 aromatic rings. The molecular weight excluding hydrogens is 428 g/mol. The van der Waals surface area contributed by atoms with E-state index in [0.29, 0.717) is 30.8 Å². The number of aromatic nitrogens is 1. The minimum atomic E-state index is -0.165. The minimum absolute atomic E-state index is 0.0205. The Labute approximate surface area is 196 Å². The molecule has 7 nitrogen and oxygen atoms in total. The van der Waals surface area contributed by atoms with E-state index in [0.717, 1.165) is 22.1 Å². The first-order valence-corrected chi connectivity index (χ1v) is 11.1. The van der Waals surface area contributed by atoms with Crippen molar-refractivity contribution in [3.63, 3.8) is 0 Å². The maximum Gasteiger partial charge on any atom is 0.255 e. The molecule has 0 radical (unpaired) electrons. The van der Waals surface area contributed by atoms with Gasteiger partial charge in [0.2, 0.25) is 5.91 Å². The third-order valence-electron chi connectivity index (χ3n) is 6.14. The highest BCUT2D eigenvalue weighted by Gasteiger charge is 2.30. The van der Waals surface area contributed by atoms with Gasteiger partial charge in [0.15, 0.2) is 0 Å². The summed E-state index contributed by atoms with van der Waals surface area (Å²) in [7, 11) is 0. The van der Waals surface area contributed by atoms with Crippen molar-refractivity contribution in [2.24, 2.45) is 5.92 Å². The van der Waals surface area contributed by atoms with Gasteiger partial charge in [-0.25, -0.2) is 0 Å². The summed E-state index contributed by atoms with van der Waals surface area (Å²) in [6, 6.07) is 23.4. The van der Waals surface area contributed by atoms with Crippen molar-refractivity contribution in [1.29, 1.82) is 0 Å². The molecule has 1 aliphatic heterocycles. The van der Waals surface area contributed by atoms with Gasteiger partial charge in [-0.3, -0.25) is 19.0 Å². The first kappa shape index (κ1) is 21.5. The zero-order chi connectivity index (χ0) is 23.7. The fraction of sp³-hybridized carbons (Fsp3) is 0.148. The summed E-state index contributed by atoms with van der Waals surface area (Å²) in [6.07, 6.45) is 2.08. The lowest BCUT2D eigenvalue weighted by Crippen LogP contribution is -2.31. The minimum Gasteiger partial charge on any atom is -0.399 e. The highest BCUT2D eigenvalue weighted by atomic mass is 16.2. The molecule has 0 saturated carbocycles. The summed E-state index contributed by atoms with van der Waals surface area (Å²) in [4.78, 5) is 39.1. The Kier molecular flexibility index (Phi) is 5.59. The fourth-order valence-corrected chi connectivity index (χ4v) is 4.35. The molecule has 2 heterocycles. The Balaban J connectivity index is 1.22. The summed E-state index contributed by atoms with van der Waals surface area (Å²) >= 11 is 0. The zero-order valence-electron chi connectivity index (χ0n) is 18.5.